The maximum absolute atomic E-state index is 12.2. The van der Waals surface area contributed by atoms with Crippen molar-refractivity contribution in [1.29, 1.82) is 0 Å². The quantitative estimate of drug-likeness (QED) is 0.424. The average molecular weight is 365 g/mol. The van der Waals surface area contributed by atoms with Gasteiger partial charge in [0, 0.05) is 17.6 Å². The van der Waals surface area contributed by atoms with Gasteiger partial charge in [-0.1, -0.05) is 13.8 Å². The minimum Gasteiger partial charge on any atom is -0.465 e. The zero-order valence-electron chi connectivity index (χ0n) is 14.2. The summed E-state index contributed by atoms with van der Waals surface area (Å²) in [4.78, 5) is 38.7. The Bertz CT molecular complexity index is 841. The second kappa shape index (κ2) is 8.02. The first-order valence-corrected chi connectivity index (χ1v) is 8.60. The molecule has 0 radical (unpaired) electrons. The number of methoxy groups -OCH3 is 1. The van der Waals surface area contributed by atoms with Crippen LogP contribution >= 0.6 is 11.3 Å². The zero-order valence-corrected chi connectivity index (χ0v) is 15.0. The van der Waals surface area contributed by atoms with Crippen molar-refractivity contribution in [2.24, 2.45) is 5.92 Å². The zero-order chi connectivity index (χ0) is 18.6. The number of ether oxygens (including phenoxy) is 1. The van der Waals surface area contributed by atoms with E-state index in [1.807, 2.05) is 5.38 Å². The van der Waals surface area contributed by atoms with Crippen LogP contribution in [0.5, 0.6) is 0 Å². The number of aromatic nitrogens is 2. The second-order valence-corrected chi connectivity index (χ2v) is 6.90. The van der Waals surface area contributed by atoms with E-state index in [1.54, 1.807) is 0 Å². The van der Waals surface area contributed by atoms with Gasteiger partial charge in [-0.3, -0.25) is 14.9 Å². The lowest BCUT2D eigenvalue weighted by Crippen LogP contribution is -2.24. The summed E-state index contributed by atoms with van der Waals surface area (Å²) in [6, 6.07) is 0.930. The number of rotatable bonds is 7. The van der Waals surface area contributed by atoms with Gasteiger partial charge in [-0.25, -0.2) is 9.78 Å². The van der Waals surface area contributed by atoms with Gasteiger partial charge in [0.2, 0.25) is 0 Å². The lowest BCUT2D eigenvalue weighted by atomic mass is 10.1. The number of thiazole rings is 1. The van der Waals surface area contributed by atoms with Crippen LogP contribution in [0.15, 0.2) is 22.4 Å². The number of aryl methyl sites for hydroxylation is 1. The first-order valence-electron chi connectivity index (χ1n) is 7.72. The van der Waals surface area contributed by atoms with Gasteiger partial charge in [-0.15, -0.1) is 11.3 Å². The SMILES string of the molecule is COC(=O)c1cc([N+](=O)[O-])c(=O)n(Cc2csc(CCC(C)C)n2)c1. The fraction of sp³-hybridized carbons (Fsp3) is 0.438. The lowest BCUT2D eigenvalue weighted by molar-refractivity contribution is -0.386. The summed E-state index contributed by atoms with van der Waals surface area (Å²) in [5, 5.41) is 13.8. The summed E-state index contributed by atoms with van der Waals surface area (Å²) >= 11 is 1.49. The van der Waals surface area contributed by atoms with Crippen LogP contribution < -0.4 is 5.56 Å². The predicted octanol–water partition coefficient (Wildman–Crippen LogP) is 2.64. The minimum atomic E-state index is -0.805. The van der Waals surface area contributed by atoms with Crippen molar-refractivity contribution >= 4 is 23.0 Å². The molecule has 2 rings (SSSR count). The van der Waals surface area contributed by atoms with Crippen molar-refractivity contribution in [1.82, 2.24) is 9.55 Å². The molecule has 0 saturated carbocycles. The van der Waals surface area contributed by atoms with E-state index < -0.39 is 22.1 Å². The van der Waals surface area contributed by atoms with Crippen molar-refractivity contribution in [2.75, 3.05) is 7.11 Å². The molecule has 0 fully saturated rings. The number of carbonyl (C=O) groups excluding carboxylic acids is 1. The van der Waals surface area contributed by atoms with E-state index in [2.05, 4.69) is 23.6 Å². The molecule has 0 aliphatic carbocycles. The third-order valence-corrected chi connectivity index (χ3v) is 4.51. The van der Waals surface area contributed by atoms with E-state index in [4.69, 9.17) is 0 Å². The smallest absolute Gasteiger partial charge is 0.339 e. The fourth-order valence-electron chi connectivity index (χ4n) is 2.22. The summed E-state index contributed by atoms with van der Waals surface area (Å²) < 4.78 is 5.70. The second-order valence-electron chi connectivity index (χ2n) is 5.96. The lowest BCUT2D eigenvalue weighted by Gasteiger charge is -2.06. The third kappa shape index (κ3) is 4.72. The standard InChI is InChI=1S/C16H19N3O5S/c1-10(2)4-5-14-17-12(9-25-14)8-18-7-11(16(21)24-3)6-13(15(18)20)19(22)23/h6-7,9-10H,4-5,8H2,1-3H3. The van der Waals surface area contributed by atoms with Crippen molar-refractivity contribution in [3.8, 4) is 0 Å². The molecule has 0 aliphatic heterocycles. The van der Waals surface area contributed by atoms with E-state index in [9.17, 15) is 19.7 Å². The summed E-state index contributed by atoms with van der Waals surface area (Å²) in [5.74, 6) is -0.179. The first-order chi connectivity index (χ1) is 11.8. The fourth-order valence-corrected chi connectivity index (χ4v) is 3.03. The van der Waals surface area contributed by atoms with Gasteiger partial charge in [-0.2, -0.15) is 0 Å². The van der Waals surface area contributed by atoms with Crippen LogP contribution in [0.3, 0.4) is 0 Å². The van der Waals surface area contributed by atoms with Crippen LogP contribution in [-0.4, -0.2) is 27.6 Å². The van der Waals surface area contributed by atoms with Crippen LogP contribution in [0.25, 0.3) is 0 Å². The normalized spacial score (nSPS) is 10.9. The minimum absolute atomic E-state index is 0.0518. The monoisotopic (exact) mass is 365 g/mol. The Morgan fingerprint density at radius 3 is 2.80 bits per heavy atom. The molecule has 0 N–H and O–H groups in total. The van der Waals surface area contributed by atoms with Crippen LogP contribution in [0.4, 0.5) is 5.69 Å². The van der Waals surface area contributed by atoms with Crippen molar-refractivity contribution in [2.45, 2.75) is 33.2 Å². The van der Waals surface area contributed by atoms with Gasteiger partial charge in [0.05, 0.1) is 34.8 Å². The number of hydrogen-bond donors (Lipinski definition) is 0. The van der Waals surface area contributed by atoms with E-state index >= 15 is 0 Å². The Morgan fingerprint density at radius 2 is 2.20 bits per heavy atom. The number of hydrogen-bond acceptors (Lipinski definition) is 7. The molecular formula is C16H19N3O5S. The molecule has 0 amide bonds. The van der Waals surface area contributed by atoms with Gasteiger partial charge in [-0.05, 0) is 18.8 Å². The van der Waals surface area contributed by atoms with Gasteiger partial charge >= 0.3 is 17.2 Å². The van der Waals surface area contributed by atoms with E-state index in [0.29, 0.717) is 11.6 Å². The molecular weight excluding hydrogens is 346 g/mol. The molecule has 0 aromatic carbocycles. The Labute approximate surface area is 148 Å². The summed E-state index contributed by atoms with van der Waals surface area (Å²) in [6.45, 7) is 4.32. The molecule has 0 saturated heterocycles. The van der Waals surface area contributed by atoms with Crippen LogP contribution in [-0.2, 0) is 17.7 Å². The summed E-state index contributed by atoms with van der Waals surface area (Å²) in [5.41, 5.74) is -0.876. The maximum Gasteiger partial charge on any atom is 0.339 e. The molecule has 2 heterocycles. The number of pyridine rings is 1. The van der Waals surface area contributed by atoms with Crippen molar-refractivity contribution in [3.63, 3.8) is 0 Å². The van der Waals surface area contributed by atoms with Crippen LogP contribution in [0.2, 0.25) is 0 Å². The largest absolute Gasteiger partial charge is 0.465 e. The summed E-state index contributed by atoms with van der Waals surface area (Å²) in [7, 11) is 1.17. The molecule has 8 nitrogen and oxygen atoms in total. The molecule has 0 aliphatic rings. The van der Waals surface area contributed by atoms with Crippen molar-refractivity contribution in [3.05, 3.63) is 54.4 Å². The number of nitrogens with zero attached hydrogens (tertiary/aromatic N) is 3. The molecule has 0 bridgehead atoms. The Morgan fingerprint density at radius 1 is 1.48 bits per heavy atom. The first kappa shape index (κ1) is 18.8. The Balaban J connectivity index is 2.32. The van der Waals surface area contributed by atoms with Gasteiger partial charge in [0.15, 0.2) is 0 Å². The molecule has 0 unspecified atom stereocenters. The number of esters is 1. The maximum atomic E-state index is 12.2. The highest BCUT2D eigenvalue weighted by Crippen LogP contribution is 2.16. The number of carbonyl (C=O) groups is 1. The molecule has 2 aromatic rings. The molecule has 9 heteroatoms. The molecule has 0 spiro atoms. The van der Waals surface area contributed by atoms with Crippen molar-refractivity contribution < 1.29 is 14.5 Å². The molecule has 0 atom stereocenters. The molecule has 134 valence electrons. The highest BCUT2D eigenvalue weighted by Gasteiger charge is 2.20. The molecule has 2 aromatic heterocycles. The molecule has 25 heavy (non-hydrogen) atoms. The average Bonchev–Trinajstić information content (AvgIpc) is 3.01. The van der Waals surface area contributed by atoms with Gasteiger partial charge < -0.3 is 9.30 Å². The van der Waals surface area contributed by atoms with Crippen LogP contribution in [0.1, 0.15) is 41.3 Å². The van der Waals surface area contributed by atoms with Gasteiger partial charge in [0.1, 0.15) is 0 Å². The number of nitro groups is 1. The van der Waals surface area contributed by atoms with Crippen LogP contribution in [0, 0.1) is 16.0 Å². The van der Waals surface area contributed by atoms with Gasteiger partial charge in [0.25, 0.3) is 0 Å². The van der Waals surface area contributed by atoms with E-state index in [0.717, 1.165) is 28.5 Å². The van der Waals surface area contributed by atoms with E-state index in [1.165, 1.54) is 24.6 Å². The summed E-state index contributed by atoms with van der Waals surface area (Å²) in [6.07, 6.45) is 3.12. The highest BCUT2D eigenvalue weighted by molar-refractivity contribution is 7.09. The predicted molar refractivity (Wildman–Crippen MR) is 93.1 cm³/mol. The Hall–Kier alpha value is -2.55. The van der Waals surface area contributed by atoms with E-state index in [-0.39, 0.29) is 12.1 Å². The Kier molecular flexibility index (Phi) is 6.02. The highest BCUT2D eigenvalue weighted by atomic mass is 32.1. The third-order valence-electron chi connectivity index (χ3n) is 3.55. The topological polar surface area (TPSA) is 104 Å².